The summed E-state index contributed by atoms with van der Waals surface area (Å²) in [6.45, 7) is 5.52. The zero-order valence-electron chi connectivity index (χ0n) is 10.5. The molecule has 2 heterocycles. The largest absolute Gasteiger partial charge is 0.480 e. The zero-order valence-corrected chi connectivity index (χ0v) is 10.5. The summed E-state index contributed by atoms with van der Waals surface area (Å²) in [6.07, 6.45) is 1.39. The van der Waals surface area contributed by atoms with Gasteiger partial charge in [-0.1, -0.05) is 13.8 Å². The second-order valence-corrected chi connectivity index (χ2v) is 4.46. The number of nitrogens with zero attached hydrogens (tertiary/aromatic N) is 4. The van der Waals surface area contributed by atoms with Gasteiger partial charge in [0.15, 0.2) is 0 Å². The Morgan fingerprint density at radius 1 is 1.50 bits per heavy atom. The van der Waals surface area contributed by atoms with Crippen molar-refractivity contribution in [1.29, 1.82) is 0 Å². The maximum atomic E-state index is 11.2. The molecule has 0 amide bonds. The molecule has 0 saturated heterocycles. The van der Waals surface area contributed by atoms with Crippen LogP contribution in [0.5, 0.6) is 0 Å². The minimum Gasteiger partial charge on any atom is -0.480 e. The molecule has 0 fully saturated rings. The monoisotopic (exact) mass is 249 g/mol. The van der Waals surface area contributed by atoms with E-state index in [1.807, 2.05) is 20.8 Å². The number of aryl methyl sites for hydroxylation is 1. The van der Waals surface area contributed by atoms with Crippen LogP contribution in [0.2, 0.25) is 0 Å². The number of fused-ring (bicyclic) bond motifs is 1. The Kier molecular flexibility index (Phi) is 3.14. The third-order valence-electron chi connectivity index (χ3n) is 2.62. The lowest BCUT2D eigenvalue weighted by atomic mass is 10.1. The van der Waals surface area contributed by atoms with Crippen molar-refractivity contribution >= 4 is 17.6 Å². The first-order valence-electron chi connectivity index (χ1n) is 5.65. The predicted molar refractivity (Wildman–Crippen MR) is 65.4 cm³/mol. The number of carbonyl (C=O) groups is 1. The molecule has 7 heteroatoms. The molecule has 0 radical (unpaired) electrons. The normalized spacial score (nSPS) is 12.9. The molecule has 2 aromatic rings. The molecule has 2 aromatic heterocycles. The van der Waals surface area contributed by atoms with Crippen molar-refractivity contribution in [2.24, 2.45) is 5.92 Å². The molecule has 7 nitrogen and oxygen atoms in total. The van der Waals surface area contributed by atoms with Crippen LogP contribution in [0.4, 0.5) is 5.82 Å². The fourth-order valence-corrected chi connectivity index (χ4v) is 1.71. The highest BCUT2D eigenvalue weighted by molar-refractivity contribution is 5.77. The minimum atomic E-state index is -0.896. The summed E-state index contributed by atoms with van der Waals surface area (Å²) in [6, 6.07) is 1.07. The molecular formula is C11H15N5O2. The zero-order chi connectivity index (χ0) is 13.3. The highest BCUT2D eigenvalue weighted by Crippen LogP contribution is 2.14. The van der Waals surface area contributed by atoms with Gasteiger partial charge in [-0.15, -0.1) is 0 Å². The predicted octanol–water partition coefficient (Wildman–Crippen LogP) is 0.954. The van der Waals surface area contributed by atoms with Crippen LogP contribution in [0.15, 0.2) is 12.4 Å². The molecule has 2 N–H and O–H groups in total. The van der Waals surface area contributed by atoms with Crippen LogP contribution in [0.25, 0.3) is 5.78 Å². The molecular weight excluding hydrogens is 234 g/mol. The number of rotatable bonds is 4. The van der Waals surface area contributed by atoms with E-state index in [1.165, 1.54) is 10.8 Å². The Labute approximate surface area is 104 Å². The number of aromatic nitrogens is 4. The van der Waals surface area contributed by atoms with Gasteiger partial charge >= 0.3 is 5.97 Å². The lowest BCUT2D eigenvalue weighted by Gasteiger charge is -2.19. The van der Waals surface area contributed by atoms with Crippen molar-refractivity contribution in [3.8, 4) is 0 Å². The van der Waals surface area contributed by atoms with E-state index in [2.05, 4.69) is 20.4 Å². The average molecular weight is 249 g/mol. The summed E-state index contributed by atoms with van der Waals surface area (Å²) in [7, 11) is 0. The number of aliphatic carboxylic acids is 1. The van der Waals surface area contributed by atoms with Gasteiger partial charge in [0, 0.05) is 11.8 Å². The lowest BCUT2D eigenvalue weighted by molar-refractivity contribution is -0.138. The van der Waals surface area contributed by atoms with E-state index in [0.717, 1.165) is 5.69 Å². The maximum Gasteiger partial charge on any atom is 0.326 e. The molecule has 96 valence electrons. The van der Waals surface area contributed by atoms with Gasteiger partial charge in [-0.3, -0.25) is 0 Å². The van der Waals surface area contributed by atoms with E-state index in [9.17, 15) is 9.90 Å². The number of anilines is 1. The first-order chi connectivity index (χ1) is 8.49. The molecule has 0 aromatic carbocycles. The fraction of sp³-hybridized carbons (Fsp3) is 0.455. The van der Waals surface area contributed by atoms with E-state index in [1.54, 1.807) is 6.07 Å². The maximum absolute atomic E-state index is 11.2. The second kappa shape index (κ2) is 4.59. The summed E-state index contributed by atoms with van der Waals surface area (Å²) in [5.41, 5.74) is 0.755. The van der Waals surface area contributed by atoms with E-state index in [4.69, 9.17) is 0 Å². The van der Waals surface area contributed by atoms with E-state index in [-0.39, 0.29) is 5.92 Å². The minimum absolute atomic E-state index is 0.0467. The Morgan fingerprint density at radius 3 is 2.83 bits per heavy atom. The third-order valence-corrected chi connectivity index (χ3v) is 2.62. The molecule has 0 bridgehead atoms. The van der Waals surface area contributed by atoms with E-state index in [0.29, 0.717) is 11.6 Å². The number of nitrogens with one attached hydrogen (secondary N) is 1. The van der Waals surface area contributed by atoms with Gasteiger partial charge in [-0.25, -0.2) is 9.78 Å². The Bertz CT molecular complexity index is 578. The van der Waals surface area contributed by atoms with Crippen LogP contribution in [0.3, 0.4) is 0 Å². The van der Waals surface area contributed by atoms with Crippen molar-refractivity contribution < 1.29 is 9.90 Å². The van der Waals surface area contributed by atoms with Gasteiger partial charge in [0.1, 0.15) is 18.2 Å². The molecule has 2 rings (SSSR count). The van der Waals surface area contributed by atoms with Crippen LogP contribution in [-0.2, 0) is 4.79 Å². The molecule has 0 saturated carbocycles. The summed E-state index contributed by atoms with van der Waals surface area (Å²) in [4.78, 5) is 19.4. The van der Waals surface area contributed by atoms with Crippen molar-refractivity contribution in [2.45, 2.75) is 26.8 Å². The molecule has 0 aliphatic rings. The highest BCUT2D eigenvalue weighted by Gasteiger charge is 2.22. The number of hydrogen-bond acceptors (Lipinski definition) is 5. The topological polar surface area (TPSA) is 92.4 Å². The van der Waals surface area contributed by atoms with Crippen LogP contribution >= 0.6 is 0 Å². The number of carboxylic acids is 1. The summed E-state index contributed by atoms with van der Waals surface area (Å²) < 4.78 is 1.49. The van der Waals surface area contributed by atoms with Crippen LogP contribution in [0, 0.1) is 12.8 Å². The van der Waals surface area contributed by atoms with Gasteiger partial charge in [0.05, 0.1) is 0 Å². The van der Waals surface area contributed by atoms with E-state index >= 15 is 0 Å². The smallest absolute Gasteiger partial charge is 0.326 e. The first-order valence-corrected chi connectivity index (χ1v) is 5.65. The van der Waals surface area contributed by atoms with Gasteiger partial charge in [0.25, 0.3) is 5.78 Å². The highest BCUT2D eigenvalue weighted by atomic mass is 16.4. The average Bonchev–Trinajstić information content (AvgIpc) is 2.72. The standard InChI is InChI=1S/C11H15N5O2/c1-6(2)9(10(17)18)15-8-4-7(3)14-11-12-5-13-16(8)11/h4-6,9,15H,1-3H3,(H,17,18)/t9-/m0/s1. The Balaban J connectivity index is 2.41. The lowest BCUT2D eigenvalue weighted by Crippen LogP contribution is -2.35. The molecule has 0 aliphatic heterocycles. The van der Waals surface area contributed by atoms with E-state index < -0.39 is 12.0 Å². The Morgan fingerprint density at radius 2 is 2.22 bits per heavy atom. The molecule has 18 heavy (non-hydrogen) atoms. The number of carboxylic acid groups (broad SMARTS) is 1. The summed E-state index contributed by atoms with van der Waals surface area (Å²) >= 11 is 0. The summed E-state index contributed by atoms with van der Waals surface area (Å²) in [5, 5.41) is 16.2. The molecule has 1 atom stereocenters. The van der Waals surface area contributed by atoms with Crippen molar-refractivity contribution in [1.82, 2.24) is 19.6 Å². The van der Waals surface area contributed by atoms with Gasteiger partial charge in [0.2, 0.25) is 0 Å². The summed E-state index contributed by atoms with van der Waals surface area (Å²) in [5.74, 6) is 0.0868. The second-order valence-electron chi connectivity index (χ2n) is 4.46. The SMILES string of the molecule is Cc1cc(N[C@H](C(=O)O)C(C)C)n2ncnc2n1. The fourth-order valence-electron chi connectivity index (χ4n) is 1.71. The first kappa shape index (κ1) is 12.3. The van der Waals surface area contributed by atoms with Crippen LogP contribution < -0.4 is 5.32 Å². The molecule has 0 spiro atoms. The number of hydrogen-bond donors (Lipinski definition) is 2. The molecule has 0 aliphatic carbocycles. The quantitative estimate of drug-likeness (QED) is 0.838. The van der Waals surface area contributed by atoms with Crippen molar-refractivity contribution in [3.63, 3.8) is 0 Å². The Hall–Kier alpha value is -2.18. The molecule has 0 unspecified atom stereocenters. The van der Waals surface area contributed by atoms with Crippen molar-refractivity contribution in [2.75, 3.05) is 5.32 Å². The van der Waals surface area contributed by atoms with Gasteiger partial charge in [-0.2, -0.15) is 14.6 Å². The van der Waals surface area contributed by atoms with Crippen molar-refractivity contribution in [3.05, 3.63) is 18.1 Å². The van der Waals surface area contributed by atoms with Gasteiger partial charge in [-0.05, 0) is 12.8 Å². The third kappa shape index (κ3) is 2.24. The van der Waals surface area contributed by atoms with Gasteiger partial charge < -0.3 is 10.4 Å². The van der Waals surface area contributed by atoms with Crippen LogP contribution in [-0.4, -0.2) is 36.7 Å². The van der Waals surface area contributed by atoms with Crippen LogP contribution in [0.1, 0.15) is 19.5 Å².